The van der Waals surface area contributed by atoms with Crippen LogP contribution in [0.1, 0.15) is 16.8 Å². The first-order valence-electron chi connectivity index (χ1n) is 6.38. The van der Waals surface area contributed by atoms with E-state index in [0.29, 0.717) is 10.8 Å². The van der Waals surface area contributed by atoms with Crippen molar-refractivity contribution in [3.63, 3.8) is 0 Å². The molecule has 2 aromatic carbocycles. The van der Waals surface area contributed by atoms with Gasteiger partial charge in [0, 0.05) is 5.02 Å². The van der Waals surface area contributed by atoms with Gasteiger partial charge in [-0.2, -0.15) is 0 Å². The number of para-hydroxylation sites is 1. The Kier molecular flexibility index (Phi) is 5.41. The molecule has 0 bridgehead atoms. The third kappa shape index (κ3) is 4.23. The summed E-state index contributed by atoms with van der Waals surface area (Å²) in [5, 5.41) is 10.3. The number of hydrogen-bond acceptors (Lipinski definition) is 4. The monoisotopic (exact) mass is 338 g/mol. The van der Waals surface area contributed by atoms with E-state index in [0.717, 1.165) is 0 Å². The van der Waals surface area contributed by atoms with Gasteiger partial charge in [0.2, 0.25) is 0 Å². The fourth-order valence-electron chi connectivity index (χ4n) is 1.79. The molecule has 4 nitrogen and oxygen atoms in total. The zero-order valence-corrected chi connectivity index (χ0v) is 12.9. The Morgan fingerprint density at radius 3 is 2.50 bits per heavy atom. The number of aromatic hydroxyl groups is 1. The molecule has 0 amide bonds. The molecule has 0 saturated heterocycles. The van der Waals surface area contributed by atoms with Crippen molar-refractivity contribution < 1.29 is 19.4 Å². The first kappa shape index (κ1) is 16.3. The Morgan fingerprint density at radius 1 is 1.09 bits per heavy atom. The highest BCUT2D eigenvalue weighted by molar-refractivity contribution is 6.35. The first-order valence-corrected chi connectivity index (χ1v) is 7.13. The molecular formula is C16H12Cl2O4. The number of phenols is 1. The molecule has 2 aromatic rings. The maximum absolute atomic E-state index is 11.9. The molecule has 0 atom stereocenters. The number of carbonyl (C=O) groups is 2. The lowest BCUT2D eigenvalue weighted by molar-refractivity contribution is -0.120. The Balaban J connectivity index is 1.93. The maximum atomic E-state index is 11.9. The van der Waals surface area contributed by atoms with E-state index in [-0.39, 0.29) is 29.4 Å². The molecule has 0 unspecified atom stereocenters. The second-order valence-corrected chi connectivity index (χ2v) is 5.36. The Bertz CT molecular complexity index is 713. The summed E-state index contributed by atoms with van der Waals surface area (Å²) in [5.41, 5.74) is 0.111. The van der Waals surface area contributed by atoms with E-state index in [1.165, 1.54) is 18.2 Å². The molecule has 2 rings (SSSR count). The normalized spacial score (nSPS) is 10.3. The highest BCUT2D eigenvalue weighted by atomic mass is 35.5. The van der Waals surface area contributed by atoms with E-state index < -0.39 is 11.6 Å². The Morgan fingerprint density at radius 2 is 1.82 bits per heavy atom. The largest absolute Gasteiger partial charge is 0.507 e. The molecule has 0 spiro atoms. The molecule has 114 valence electrons. The van der Waals surface area contributed by atoms with Crippen molar-refractivity contribution in [3.8, 4) is 11.5 Å². The van der Waals surface area contributed by atoms with Gasteiger partial charge in [0.1, 0.15) is 18.1 Å². The van der Waals surface area contributed by atoms with Gasteiger partial charge in [-0.15, -0.1) is 0 Å². The van der Waals surface area contributed by atoms with Gasteiger partial charge in [0.05, 0.1) is 17.0 Å². The number of benzene rings is 2. The van der Waals surface area contributed by atoms with Gasteiger partial charge in [-0.05, 0) is 30.3 Å². The van der Waals surface area contributed by atoms with Gasteiger partial charge < -0.3 is 9.84 Å². The molecule has 0 aliphatic heterocycles. The number of Topliss-reactive ketones (excluding diaryl/α,β-unsaturated/α-hetero) is 2. The van der Waals surface area contributed by atoms with Crippen LogP contribution in [-0.4, -0.2) is 23.3 Å². The minimum atomic E-state index is -0.464. The van der Waals surface area contributed by atoms with Crippen molar-refractivity contribution in [2.24, 2.45) is 0 Å². The fraction of sp³-hybridized carbons (Fsp3) is 0.125. The zero-order valence-electron chi connectivity index (χ0n) is 11.4. The topological polar surface area (TPSA) is 63.6 Å². The minimum absolute atomic E-state index is 0.111. The van der Waals surface area contributed by atoms with Crippen LogP contribution < -0.4 is 4.74 Å². The lowest BCUT2D eigenvalue weighted by atomic mass is 10.1. The van der Waals surface area contributed by atoms with Crippen LogP contribution >= 0.6 is 23.2 Å². The Labute approximate surface area is 137 Å². The maximum Gasteiger partial charge on any atom is 0.177 e. The van der Waals surface area contributed by atoms with E-state index in [2.05, 4.69) is 0 Å². The van der Waals surface area contributed by atoms with Crippen LogP contribution in [0, 0.1) is 0 Å². The van der Waals surface area contributed by atoms with Crippen molar-refractivity contribution in [1.29, 1.82) is 0 Å². The van der Waals surface area contributed by atoms with E-state index >= 15 is 0 Å². The average Bonchev–Trinajstić information content (AvgIpc) is 2.46. The average molecular weight is 339 g/mol. The molecular weight excluding hydrogens is 327 g/mol. The second kappa shape index (κ2) is 7.29. The first-order chi connectivity index (χ1) is 10.5. The van der Waals surface area contributed by atoms with E-state index in [1.54, 1.807) is 24.3 Å². The smallest absolute Gasteiger partial charge is 0.177 e. The molecule has 0 radical (unpaired) electrons. The highest BCUT2D eigenvalue weighted by Crippen LogP contribution is 2.27. The number of ketones is 2. The summed E-state index contributed by atoms with van der Waals surface area (Å²) in [6.07, 6.45) is -0.358. The van der Waals surface area contributed by atoms with Crippen molar-refractivity contribution in [2.75, 3.05) is 6.61 Å². The fourth-order valence-corrected chi connectivity index (χ4v) is 2.25. The van der Waals surface area contributed by atoms with Crippen molar-refractivity contribution in [2.45, 2.75) is 6.42 Å². The molecule has 0 heterocycles. The third-order valence-corrected chi connectivity index (χ3v) is 3.38. The van der Waals surface area contributed by atoms with E-state index in [4.69, 9.17) is 27.9 Å². The molecule has 0 aliphatic carbocycles. The van der Waals surface area contributed by atoms with Crippen LogP contribution in [0.5, 0.6) is 11.5 Å². The quantitative estimate of drug-likeness (QED) is 0.640. The SMILES string of the molecule is O=C(COc1ccc(Cl)cc1Cl)CC(=O)c1ccccc1O. The minimum Gasteiger partial charge on any atom is -0.507 e. The number of hydrogen-bond donors (Lipinski definition) is 1. The van der Waals surface area contributed by atoms with Crippen molar-refractivity contribution in [3.05, 3.63) is 58.1 Å². The summed E-state index contributed by atoms with van der Waals surface area (Å²) in [6.45, 7) is -0.291. The van der Waals surface area contributed by atoms with Crippen LogP contribution in [0.3, 0.4) is 0 Å². The molecule has 6 heteroatoms. The van der Waals surface area contributed by atoms with Crippen LogP contribution in [0.2, 0.25) is 10.0 Å². The van der Waals surface area contributed by atoms with Crippen molar-refractivity contribution >= 4 is 34.8 Å². The predicted molar refractivity (Wildman–Crippen MR) is 84.0 cm³/mol. The number of carbonyl (C=O) groups excluding carboxylic acids is 2. The van der Waals surface area contributed by atoms with Crippen LogP contribution in [0.25, 0.3) is 0 Å². The van der Waals surface area contributed by atoms with E-state index in [1.807, 2.05) is 0 Å². The lowest BCUT2D eigenvalue weighted by Gasteiger charge is -2.07. The number of rotatable bonds is 6. The van der Waals surface area contributed by atoms with Gasteiger partial charge in [-0.1, -0.05) is 35.3 Å². The van der Waals surface area contributed by atoms with Gasteiger partial charge >= 0.3 is 0 Å². The van der Waals surface area contributed by atoms with Gasteiger partial charge in [0.15, 0.2) is 11.6 Å². The van der Waals surface area contributed by atoms with Gasteiger partial charge in [-0.25, -0.2) is 0 Å². The molecule has 0 aromatic heterocycles. The highest BCUT2D eigenvalue weighted by Gasteiger charge is 2.15. The van der Waals surface area contributed by atoms with Gasteiger partial charge in [-0.3, -0.25) is 9.59 Å². The summed E-state index contributed by atoms with van der Waals surface area (Å²) < 4.78 is 5.27. The summed E-state index contributed by atoms with van der Waals surface area (Å²) >= 11 is 11.7. The van der Waals surface area contributed by atoms with Crippen LogP contribution in [0.4, 0.5) is 0 Å². The number of phenolic OH excluding ortho intramolecular Hbond substituents is 1. The zero-order chi connectivity index (χ0) is 16.1. The summed E-state index contributed by atoms with van der Waals surface area (Å²) in [5.74, 6) is -0.718. The van der Waals surface area contributed by atoms with E-state index in [9.17, 15) is 14.7 Å². The lowest BCUT2D eigenvalue weighted by Crippen LogP contribution is -2.16. The molecule has 22 heavy (non-hydrogen) atoms. The summed E-state index contributed by atoms with van der Waals surface area (Å²) in [6, 6.07) is 10.7. The van der Waals surface area contributed by atoms with Crippen LogP contribution in [0.15, 0.2) is 42.5 Å². The molecule has 0 fully saturated rings. The molecule has 0 aliphatic rings. The number of halogens is 2. The summed E-state index contributed by atoms with van der Waals surface area (Å²) in [4.78, 5) is 23.7. The molecule has 1 N–H and O–H groups in total. The summed E-state index contributed by atoms with van der Waals surface area (Å²) in [7, 11) is 0. The molecule has 0 saturated carbocycles. The van der Waals surface area contributed by atoms with Gasteiger partial charge in [0.25, 0.3) is 0 Å². The third-order valence-electron chi connectivity index (χ3n) is 2.84. The second-order valence-electron chi connectivity index (χ2n) is 4.52. The Hall–Kier alpha value is -2.04. The van der Waals surface area contributed by atoms with Crippen LogP contribution in [-0.2, 0) is 4.79 Å². The predicted octanol–water partition coefficient (Wildman–Crippen LogP) is 3.92. The number of ether oxygens (including phenoxy) is 1. The standard InChI is InChI=1S/C16H12Cl2O4/c17-10-5-6-16(13(18)7-10)22-9-11(19)8-15(21)12-3-1-2-4-14(12)20/h1-7,20H,8-9H2. The van der Waals surface area contributed by atoms with Crippen molar-refractivity contribution in [1.82, 2.24) is 0 Å².